The van der Waals surface area contributed by atoms with Gasteiger partial charge in [-0.2, -0.15) is 0 Å². The zero-order valence-electron chi connectivity index (χ0n) is 19.8. The zero-order valence-corrected chi connectivity index (χ0v) is 19.8. The Balaban J connectivity index is 1.70. The molecule has 0 aliphatic carbocycles. The van der Waals surface area contributed by atoms with Crippen LogP contribution in [0.25, 0.3) is 5.69 Å². The van der Waals surface area contributed by atoms with Crippen molar-refractivity contribution in [2.45, 2.75) is 52.3 Å². The first-order valence-electron chi connectivity index (χ1n) is 11.4. The average Bonchev–Trinajstić information content (AvgIpc) is 3.26. The fraction of sp³-hybridized carbons (Fsp3) is 0.385. The van der Waals surface area contributed by atoms with Crippen molar-refractivity contribution >= 4 is 5.91 Å². The Morgan fingerprint density at radius 2 is 1.82 bits per heavy atom. The molecule has 3 aromatic rings. The summed E-state index contributed by atoms with van der Waals surface area (Å²) in [5.74, 6) is -1.20. The number of carbonyl (C=O) groups excluding carboxylic acids is 1. The van der Waals surface area contributed by atoms with E-state index in [2.05, 4.69) is 47.7 Å². The molecule has 34 heavy (non-hydrogen) atoms. The van der Waals surface area contributed by atoms with E-state index in [0.29, 0.717) is 18.0 Å². The fourth-order valence-electron chi connectivity index (χ4n) is 4.06. The molecule has 0 bridgehead atoms. The van der Waals surface area contributed by atoms with Crippen LogP contribution in [0.15, 0.2) is 55.1 Å². The van der Waals surface area contributed by atoms with Gasteiger partial charge < -0.3 is 20.3 Å². The van der Waals surface area contributed by atoms with Crippen LogP contribution in [0.2, 0.25) is 0 Å². The molecule has 0 saturated heterocycles. The maximum Gasteiger partial charge on any atom is 0.217 e. The summed E-state index contributed by atoms with van der Waals surface area (Å²) in [6.45, 7) is 6.35. The second-order valence-corrected chi connectivity index (χ2v) is 9.02. The van der Waals surface area contributed by atoms with Crippen molar-refractivity contribution in [1.82, 2.24) is 20.2 Å². The number of benzene rings is 2. The van der Waals surface area contributed by atoms with Gasteiger partial charge in [0, 0.05) is 38.5 Å². The van der Waals surface area contributed by atoms with E-state index in [9.17, 15) is 18.7 Å². The molecule has 8 heteroatoms. The van der Waals surface area contributed by atoms with Gasteiger partial charge in [-0.3, -0.25) is 4.79 Å². The van der Waals surface area contributed by atoms with Crippen LogP contribution < -0.4 is 10.6 Å². The molecule has 0 aliphatic heterocycles. The summed E-state index contributed by atoms with van der Waals surface area (Å²) in [5.41, 5.74) is 3.62. The molecule has 0 unspecified atom stereocenters. The highest BCUT2D eigenvalue weighted by Crippen LogP contribution is 2.19. The van der Waals surface area contributed by atoms with Crippen LogP contribution in [-0.2, 0) is 24.2 Å². The van der Waals surface area contributed by atoms with Crippen LogP contribution in [0.5, 0.6) is 0 Å². The number of halogens is 2. The molecular formula is C26H32F2N4O2. The van der Waals surface area contributed by atoms with E-state index in [-0.39, 0.29) is 18.9 Å². The summed E-state index contributed by atoms with van der Waals surface area (Å²) in [6, 6.07) is 8.82. The molecule has 0 radical (unpaired) electrons. The highest BCUT2D eigenvalue weighted by atomic mass is 19.1. The summed E-state index contributed by atoms with van der Waals surface area (Å²) < 4.78 is 29.1. The molecule has 0 spiro atoms. The van der Waals surface area contributed by atoms with Crippen LogP contribution >= 0.6 is 0 Å². The molecule has 6 nitrogen and oxygen atoms in total. The normalized spacial score (nSPS) is 13.1. The van der Waals surface area contributed by atoms with Gasteiger partial charge in [-0.25, -0.2) is 13.8 Å². The van der Waals surface area contributed by atoms with E-state index in [0.717, 1.165) is 23.7 Å². The third-order valence-corrected chi connectivity index (χ3v) is 5.47. The van der Waals surface area contributed by atoms with Gasteiger partial charge in [-0.05, 0) is 53.6 Å². The minimum Gasteiger partial charge on any atom is -0.390 e. The molecule has 3 N–H and O–H groups in total. The van der Waals surface area contributed by atoms with Crippen LogP contribution in [-0.4, -0.2) is 39.3 Å². The summed E-state index contributed by atoms with van der Waals surface area (Å²) >= 11 is 0. The fourth-order valence-corrected chi connectivity index (χ4v) is 4.06. The van der Waals surface area contributed by atoms with E-state index in [1.807, 2.05) is 10.8 Å². The van der Waals surface area contributed by atoms with Gasteiger partial charge in [0.15, 0.2) is 0 Å². The molecule has 0 aliphatic rings. The summed E-state index contributed by atoms with van der Waals surface area (Å²) in [6.07, 6.45) is 5.42. The predicted octanol–water partition coefficient (Wildman–Crippen LogP) is 3.55. The number of nitrogens with zero attached hydrogens (tertiary/aromatic N) is 2. The van der Waals surface area contributed by atoms with Crippen molar-refractivity contribution < 1.29 is 18.7 Å². The number of rotatable bonds is 11. The third-order valence-electron chi connectivity index (χ3n) is 5.47. The molecule has 1 heterocycles. The first-order valence-corrected chi connectivity index (χ1v) is 11.4. The van der Waals surface area contributed by atoms with Gasteiger partial charge >= 0.3 is 0 Å². The number of hydrogen-bond donors (Lipinski definition) is 3. The summed E-state index contributed by atoms with van der Waals surface area (Å²) in [7, 11) is 0. The highest BCUT2D eigenvalue weighted by Gasteiger charge is 2.21. The number of aliphatic hydroxyl groups is 1. The molecule has 182 valence electrons. The Morgan fingerprint density at radius 1 is 1.09 bits per heavy atom. The first-order chi connectivity index (χ1) is 16.2. The van der Waals surface area contributed by atoms with Gasteiger partial charge in [0.2, 0.25) is 5.91 Å². The lowest BCUT2D eigenvalue weighted by Crippen LogP contribution is -2.48. The zero-order chi connectivity index (χ0) is 24.7. The predicted molar refractivity (Wildman–Crippen MR) is 127 cm³/mol. The number of imidazole rings is 1. The summed E-state index contributed by atoms with van der Waals surface area (Å²) in [5, 5.41) is 16.7. The van der Waals surface area contributed by atoms with Gasteiger partial charge in [0.1, 0.15) is 11.6 Å². The Labute approximate surface area is 199 Å². The lowest BCUT2D eigenvalue weighted by Gasteiger charge is -2.24. The number of aromatic nitrogens is 2. The maximum absolute atomic E-state index is 13.6. The van der Waals surface area contributed by atoms with Gasteiger partial charge in [0.25, 0.3) is 0 Å². The molecule has 0 saturated carbocycles. The average molecular weight is 471 g/mol. The van der Waals surface area contributed by atoms with Crippen LogP contribution in [0.1, 0.15) is 37.5 Å². The lowest BCUT2D eigenvalue weighted by molar-refractivity contribution is -0.120. The SMILES string of the molecule is CC(=O)N[C@@H](Cc1cc(F)cc(F)c1)[C@@H](O)CNCc1cc(CC(C)C)ccc1-n1ccnc1. The quantitative estimate of drug-likeness (QED) is 0.401. The lowest BCUT2D eigenvalue weighted by atomic mass is 9.99. The van der Waals surface area contributed by atoms with Crippen molar-refractivity contribution in [2.24, 2.45) is 5.92 Å². The standard InChI is InChI=1S/C26H32F2N4O2/c1-17(2)8-19-4-5-25(32-7-6-29-16-32)21(9-19)14-30-15-26(34)24(31-18(3)33)12-20-10-22(27)13-23(28)11-20/h4-7,9-11,13,16-17,24,26,30,34H,8,12,14-15H2,1-3H3,(H,31,33)/t24-,26-/m0/s1. The second-order valence-electron chi connectivity index (χ2n) is 9.02. The highest BCUT2D eigenvalue weighted by molar-refractivity contribution is 5.73. The Hall–Kier alpha value is -3.10. The van der Waals surface area contributed by atoms with Crippen molar-refractivity contribution in [3.05, 3.63) is 83.4 Å². The van der Waals surface area contributed by atoms with Crippen molar-refractivity contribution in [3.8, 4) is 5.69 Å². The van der Waals surface area contributed by atoms with Crippen molar-refractivity contribution in [1.29, 1.82) is 0 Å². The molecule has 2 atom stereocenters. The third kappa shape index (κ3) is 7.46. The topological polar surface area (TPSA) is 79.2 Å². The number of hydrogen-bond acceptors (Lipinski definition) is 4. The van der Waals surface area contributed by atoms with Gasteiger partial charge in [-0.1, -0.05) is 26.0 Å². The number of aliphatic hydroxyl groups excluding tert-OH is 1. The van der Waals surface area contributed by atoms with E-state index in [1.165, 1.54) is 24.6 Å². The monoisotopic (exact) mass is 470 g/mol. The molecule has 0 fully saturated rings. The van der Waals surface area contributed by atoms with Crippen molar-refractivity contribution in [3.63, 3.8) is 0 Å². The second kappa shape index (κ2) is 11.9. The smallest absolute Gasteiger partial charge is 0.217 e. The number of amides is 1. The Morgan fingerprint density at radius 3 is 2.44 bits per heavy atom. The maximum atomic E-state index is 13.6. The van der Waals surface area contributed by atoms with Crippen molar-refractivity contribution in [2.75, 3.05) is 6.54 Å². The van der Waals surface area contributed by atoms with Crippen LogP contribution in [0, 0.1) is 17.6 Å². The number of nitrogens with one attached hydrogen (secondary N) is 2. The Kier molecular flexibility index (Phi) is 8.90. The van der Waals surface area contributed by atoms with E-state index >= 15 is 0 Å². The Bertz CT molecular complexity index is 1070. The van der Waals surface area contributed by atoms with Crippen LogP contribution in [0.4, 0.5) is 8.78 Å². The molecule has 1 amide bonds. The molecular weight excluding hydrogens is 438 g/mol. The minimum absolute atomic E-state index is 0.0985. The summed E-state index contributed by atoms with van der Waals surface area (Å²) in [4.78, 5) is 15.8. The van der Waals surface area contributed by atoms with E-state index in [4.69, 9.17) is 0 Å². The number of carbonyl (C=O) groups is 1. The first kappa shape index (κ1) is 25.5. The van der Waals surface area contributed by atoms with Crippen LogP contribution in [0.3, 0.4) is 0 Å². The van der Waals surface area contributed by atoms with E-state index in [1.54, 1.807) is 12.5 Å². The largest absolute Gasteiger partial charge is 0.390 e. The van der Waals surface area contributed by atoms with E-state index < -0.39 is 23.8 Å². The molecule has 3 rings (SSSR count). The van der Waals surface area contributed by atoms with Gasteiger partial charge in [-0.15, -0.1) is 0 Å². The molecule has 2 aromatic carbocycles. The minimum atomic E-state index is -0.967. The van der Waals surface area contributed by atoms with Gasteiger partial charge in [0.05, 0.1) is 24.2 Å². The molecule has 1 aromatic heterocycles.